The number of aryl methyl sites for hydroxylation is 3. The molecule has 4 aromatic rings. The number of aromatic nitrogens is 2. The Bertz CT molecular complexity index is 1150. The lowest BCUT2D eigenvalue weighted by Crippen LogP contribution is -2.02. The molecule has 0 saturated heterocycles. The molecule has 3 nitrogen and oxygen atoms in total. The van der Waals surface area contributed by atoms with Crippen molar-refractivity contribution in [1.82, 2.24) is 9.38 Å². The number of hydrogen-bond donors (Lipinski definition) is 0. The van der Waals surface area contributed by atoms with Crippen LogP contribution in [0.25, 0.3) is 27.5 Å². The summed E-state index contributed by atoms with van der Waals surface area (Å²) in [5.41, 5.74) is 8.70. The Balaban J connectivity index is 1.68. The first-order valence-corrected chi connectivity index (χ1v) is 10.3. The molecule has 0 amide bonds. The van der Waals surface area contributed by atoms with Crippen molar-refractivity contribution in [1.29, 1.82) is 0 Å². The molecule has 2 aromatic heterocycles. The van der Waals surface area contributed by atoms with E-state index < -0.39 is 0 Å². The highest BCUT2D eigenvalue weighted by molar-refractivity contribution is 7.15. The Morgan fingerprint density at radius 2 is 1.74 bits per heavy atom. The summed E-state index contributed by atoms with van der Waals surface area (Å²) in [6.07, 6.45) is 5.81. The third-order valence-corrected chi connectivity index (χ3v) is 6.31. The first kappa shape index (κ1) is 16.5. The molecule has 0 aliphatic heterocycles. The number of rotatable bonds is 3. The van der Waals surface area contributed by atoms with Crippen LogP contribution in [0.5, 0.6) is 0 Å². The number of carbonyl (C=O) groups is 1. The maximum absolute atomic E-state index is 12.0. The second kappa shape index (κ2) is 6.46. The van der Waals surface area contributed by atoms with Crippen molar-refractivity contribution in [3.63, 3.8) is 0 Å². The number of nitrogens with zero attached hydrogens (tertiary/aromatic N) is 2. The van der Waals surface area contributed by atoms with Crippen LogP contribution in [0.3, 0.4) is 0 Å². The molecule has 0 bridgehead atoms. The van der Waals surface area contributed by atoms with Gasteiger partial charge in [0.1, 0.15) is 11.4 Å². The van der Waals surface area contributed by atoms with E-state index in [-0.39, 0.29) is 0 Å². The fraction of sp³-hybridized carbons (Fsp3) is 0.217. The molecule has 134 valence electrons. The average Bonchev–Trinajstić information content (AvgIpc) is 3.27. The van der Waals surface area contributed by atoms with E-state index in [1.54, 1.807) is 11.3 Å². The minimum Gasteiger partial charge on any atom is -0.296 e. The third-order valence-electron chi connectivity index (χ3n) is 5.48. The Hall–Kier alpha value is -2.72. The summed E-state index contributed by atoms with van der Waals surface area (Å²) in [7, 11) is 0. The lowest BCUT2D eigenvalue weighted by Gasteiger charge is -2.16. The van der Waals surface area contributed by atoms with E-state index in [0.29, 0.717) is 5.69 Å². The Morgan fingerprint density at radius 1 is 1.00 bits per heavy atom. The predicted octanol–water partition coefficient (Wildman–Crippen LogP) is 5.73. The highest BCUT2D eigenvalue weighted by atomic mass is 32.1. The molecule has 4 heteroatoms. The molecule has 2 heterocycles. The summed E-state index contributed by atoms with van der Waals surface area (Å²) in [6.45, 7) is 2.06. The summed E-state index contributed by atoms with van der Waals surface area (Å²) in [5.74, 6) is 0. The Labute approximate surface area is 162 Å². The van der Waals surface area contributed by atoms with E-state index in [0.717, 1.165) is 40.2 Å². The van der Waals surface area contributed by atoms with E-state index in [4.69, 9.17) is 4.98 Å². The van der Waals surface area contributed by atoms with Crippen LogP contribution in [0.15, 0.2) is 47.8 Å². The van der Waals surface area contributed by atoms with Gasteiger partial charge in [0, 0.05) is 10.9 Å². The van der Waals surface area contributed by atoms with Gasteiger partial charge in [0.05, 0.1) is 5.69 Å². The van der Waals surface area contributed by atoms with Gasteiger partial charge in [0.25, 0.3) is 0 Å². The van der Waals surface area contributed by atoms with Gasteiger partial charge >= 0.3 is 0 Å². The fourth-order valence-corrected chi connectivity index (χ4v) is 4.91. The van der Waals surface area contributed by atoms with Crippen LogP contribution in [-0.2, 0) is 12.8 Å². The molecule has 0 unspecified atom stereocenters. The molecule has 1 aliphatic rings. The van der Waals surface area contributed by atoms with Gasteiger partial charge in [-0.2, -0.15) is 0 Å². The van der Waals surface area contributed by atoms with Crippen molar-refractivity contribution in [3.8, 4) is 22.5 Å². The second-order valence-corrected chi connectivity index (χ2v) is 8.10. The average molecular weight is 372 g/mol. The maximum atomic E-state index is 12.0. The molecule has 1 aliphatic carbocycles. The molecular weight excluding hydrogens is 352 g/mol. The molecule has 0 fully saturated rings. The normalized spacial score (nSPS) is 13.7. The summed E-state index contributed by atoms with van der Waals surface area (Å²) in [6, 6.07) is 14.9. The number of carbonyl (C=O) groups excluding carboxylic acids is 1. The van der Waals surface area contributed by atoms with E-state index in [1.807, 2.05) is 16.5 Å². The third kappa shape index (κ3) is 2.72. The second-order valence-electron chi connectivity index (χ2n) is 7.26. The number of thiazole rings is 1. The minimum atomic E-state index is 0.628. The first-order chi connectivity index (χ1) is 13.2. The number of imidazole rings is 1. The zero-order valence-corrected chi connectivity index (χ0v) is 16.1. The van der Waals surface area contributed by atoms with Crippen LogP contribution in [0.1, 0.15) is 40.0 Å². The van der Waals surface area contributed by atoms with Crippen molar-refractivity contribution < 1.29 is 4.79 Å². The molecule has 0 saturated carbocycles. The lowest BCUT2D eigenvalue weighted by atomic mass is 9.90. The van der Waals surface area contributed by atoms with Gasteiger partial charge in [-0.15, -0.1) is 11.3 Å². The van der Waals surface area contributed by atoms with Gasteiger partial charge in [-0.3, -0.25) is 9.20 Å². The molecule has 0 N–H and O–H groups in total. The fourth-order valence-electron chi connectivity index (χ4n) is 4.01. The van der Waals surface area contributed by atoms with Crippen LogP contribution >= 0.6 is 11.3 Å². The smallest absolute Gasteiger partial charge is 0.195 e. The van der Waals surface area contributed by atoms with Crippen molar-refractivity contribution in [3.05, 3.63) is 70.2 Å². The summed E-state index contributed by atoms with van der Waals surface area (Å²) in [4.78, 5) is 17.6. The number of fused-ring (bicyclic) bond motifs is 2. The van der Waals surface area contributed by atoms with Gasteiger partial charge in [-0.1, -0.05) is 42.0 Å². The molecule has 2 aromatic carbocycles. The zero-order chi connectivity index (χ0) is 18.4. The molecule has 0 spiro atoms. The number of aldehydes is 1. The van der Waals surface area contributed by atoms with Crippen molar-refractivity contribution in [2.45, 2.75) is 32.6 Å². The Morgan fingerprint density at radius 3 is 2.52 bits per heavy atom. The van der Waals surface area contributed by atoms with E-state index in [9.17, 15) is 4.79 Å². The van der Waals surface area contributed by atoms with Crippen molar-refractivity contribution in [2.24, 2.45) is 0 Å². The topological polar surface area (TPSA) is 34.4 Å². The molecule has 0 atom stereocenters. The highest BCUT2D eigenvalue weighted by Crippen LogP contribution is 2.34. The Kier molecular flexibility index (Phi) is 3.94. The van der Waals surface area contributed by atoms with Crippen molar-refractivity contribution in [2.75, 3.05) is 0 Å². The summed E-state index contributed by atoms with van der Waals surface area (Å²) in [5, 5.41) is 2.11. The van der Waals surface area contributed by atoms with Crippen LogP contribution in [0, 0.1) is 6.92 Å². The van der Waals surface area contributed by atoms with Gasteiger partial charge in [0.15, 0.2) is 11.2 Å². The van der Waals surface area contributed by atoms with Crippen molar-refractivity contribution >= 4 is 22.6 Å². The quantitative estimate of drug-likeness (QED) is 0.430. The zero-order valence-electron chi connectivity index (χ0n) is 15.2. The SMILES string of the molecule is Cc1ccc(-c2nc3scc(-c4ccc5c(c4)CCCC5)n3c2C=O)cc1. The maximum Gasteiger partial charge on any atom is 0.195 e. The predicted molar refractivity (Wildman–Crippen MR) is 111 cm³/mol. The van der Waals surface area contributed by atoms with Crippen LogP contribution < -0.4 is 0 Å². The number of hydrogen-bond acceptors (Lipinski definition) is 3. The van der Waals surface area contributed by atoms with Crippen LogP contribution in [-0.4, -0.2) is 15.7 Å². The van der Waals surface area contributed by atoms with Gasteiger partial charge in [-0.05, 0) is 55.4 Å². The van der Waals surface area contributed by atoms with E-state index in [2.05, 4.69) is 42.6 Å². The molecule has 0 radical (unpaired) electrons. The highest BCUT2D eigenvalue weighted by Gasteiger charge is 2.19. The van der Waals surface area contributed by atoms with E-state index in [1.165, 1.54) is 36.0 Å². The van der Waals surface area contributed by atoms with Gasteiger partial charge in [-0.25, -0.2) is 4.98 Å². The molecular formula is C23H20N2OS. The van der Waals surface area contributed by atoms with E-state index >= 15 is 0 Å². The monoisotopic (exact) mass is 372 g/mol. The standard InChI is InChI=1S/C23H20N2OS/c1-15-6-8-17(9-7-15)22-20(13-26)25-21(14-27-23(25)24-22)19-11-10-16-4-2-3-5-18(16)12-19/h6-14H,2-5H2,1H3. The summed E-state index contributed by atoms with van der Waals surface area (Å²) >= 11 is 1.59. The van der Waals surface area contributed by atoms with Crippen LogP contribution in [0.4, 0.5) is 0 Å². The number of benzene rings is 2. The molecule has 27 heavy (non-hydrogen) atoms. The largest absolute Gasteiger partial charge is 0.296 e. The minimum absolute atomic E-state index is 0.628. The van der Waals surface area contributed by atoms with Gasteiger partial charge < -0.3 is 0 Å². The molecule has 5 rings (SSSR count). The summed E-state index contributed by atoms with van der Waals surface area (Å²) < 4.78 is 2.01. The lowest BCUT2D eigenvalue weighted by molar-refractivity contribution is 0.111. The van der Waals surface area contributed by atoms with Gasteiger partial charge in [0.2, 0.25) is 0 Å². The first-order valence-electron chi connectivity index (χ1n) is 9.39. The van der Waals surface area contributed by atoms with Crippen LogP contribution in [0.2, 0.25) is 0 Å².